The van der Waals surface area contributed by atoms with Gasteiger partial charge in [0.1, 0.15) is 16.6 Å². The van der Waals surface area contributed by atoms with Crippen molar-refractivity contribution in [2.45, 2.75) is 0 Å². The highest BCUT2D eigenvalue weighted by molar-refractivity contribution is 7.19. The highest BCUT2D eigenvalue weighted by atomic mass is 32.1. The first-order valence-electron chi connectivity index (χ1n) is 9.04. The van der Waals surface area contributed by atoms with Crippen molar-refractivity contribution in [1.82, 2.24) is 10.2 Å². The monoisotopic (exact) mass is 454 g/mol. The first kappa shape index (κ1) is 20.6. The van der Waals surface area contributed by atoms with Gasteiger partial charge in [-0.25, -0.2) is 4.39 Å². The number of para-hydroxylation sites is 2. The Bertz CT molecular complexity index is 1210. The van der Waals surface area contributed by atoms with E-state index in [2.05, 4.69) is 20.8 Å². The van der Waals surface area contributed by atoms with E-state index in [4.69, 9.17) is 4.74 Å². The Balaban J connectivity index is 1.40. The third-order valence-corrected chi connectivity index (χ3v) is 5.62. The maximum atomic E-state index is 13.7. The fourth-order valence-electron chi connectivity index (χ4n) is 2.61. The van der Waals surface area contributed by atoms with Crippen molar-refractivity contribution in [2.24, 2.45) is 0 Å². The van der Waals surface area contributed by atoms with Crippen molar-refractivity contribution in [3.63, 3.8) is 0 Å². The number of hydrogen-bond donors (Lipinski definition) is 2. The van der Waals surface area contributed by atoms with E-state index in [9.17, 15) is 14.0 Å². The number of nitrogens with zero attached hydrogens (tertiary/aromatic N) is 2. The quantitative estimate of drug-likeness (QED) is 0.423. The van der Waals surface area contributed by atoms with Gasteiger partial charge in [0.2, 0.25) is 5.13 Å². The minimum atomic E-state index is -0.551. The zero-order valence-electron chi connectivity index (χ0n) is 15.9. The van der Waals surface area contributed by atoms with Gasteiger partial charge in [0.05, 0.1) is 11.3 Å². The zero-order chi connectivity index (χ0) is 21.6. The number of amides is 2. The Morgan fingerprint density at radius 1 is 1.00 bits per heavy atom. The summed E-state index contributed by atoms with van der Waals surface area (Å²) < 4.78 is 19.2. The second-order valence-corrected chi connectivity index (χ2v) is 7.95. The molecule has 2 N–H and O–H groups in total. The summed E-state index contributed by atoms with van der Waals surface area (Å²) in [6.07, 6.45) is 0. The van der Waals surface area contributed by atoms with E-state index >= 15 is 0 Å². The minimum absolute atomic E-state index is 0.0554. The summed E-state index contributed by atoms with van der Waals surface area (Å²) in [4.78, 5) is 24.8. The predicted octanol–water partition coefficient (Wildman–Crippen LogP) is 4.68. The summed E-state index contributed by atoms with van der Waals surface area (Å²) in [6, 6.07) is 14.2. The first-order valence-corrected chi connectivity index (χ1v) is 10.8. The second-order valence-electron chi connectivity index (χ2n) is 6.19. The number of rotatable bonds is 7. The first-order chi connectivity index (χ1) is 15.1. The summed E-state index contributed by atoms with van der Waals surface area (Å²) in [7, 11) is 0. The number of carbonyl (C=O) groups is 2. The molecule has 2 aromatic carbocycles. The van der Waals surface area contributed by atoms with E-state index in [0.29, 0.717) is 10.1 Å². The van der Waals surface area contributed by atoms with Crippen LogP contribution in [0.4, 0.5) is 15.2 Å². The number of carbonyl (C=O) groups excluding carboxylic acids is 2. The summed E-state index contributed by atoms with van der Waals surface area (Å²) in [5.74, 6) is -1.33. The standard InChI is InChI=1S/C21H15FN4O3S2/c22-15-6-2-3-7-16(15)23-18(27)11-29-17-8-4-1-5-14(17)19(28)24-21-26-25-20(31-21)13-9-10-30-12-13/h1-10,12H,11H2,(H,23,27)(H,24,26,28). The Morgan fingerprint density at radius 3 is 2.61 bits per heavy atom. The van der Waals surface area contributed by atoms with Crippen molar-refractivity contribution >= 4 is 45.3 Å². The molecule has 0 aliphatic heterocycles. The third kappa shape index (κ3) is 5.11. The molecule has 31 heavy (non-hydrogen) atoms. The maximum absolute atomic E-state index is 13.7. The zero-order valence-corrected chi connectivity index (χ0v) is 17.5. The molecule has 0 atom stereocenters. The van der Waals surface area contributed by atoms with Crippen molar-refractivity contribution in [3.8, 4) is 16.3 Å². The van der Waals surface area contributed by atoms with Gasteiger partial charge in [0, 0.05) is 10.9 Å². The maximum Gasteiger partial charge on any atom is 0.262 e. The van der Waals surface area contributed by atoms with Crippen LogP contribution in [0.3, 0.4) is 0 Å². The van der Waals surface area contributed by atoms with Gasteiger partial charge >= 0.3 is 0 Å². The molecule has 0 unspecified atom stereocenters. The van der Waals surface area contributed by atoms with Crippen molar-refractivity contribution in [1.29, 1.82) is 0 Å². The normalized spacial score (nSPS) is 10.5. The number of ether oxygens (including phenoxy) is 1. The lowest BCUT2D eigenvalue weighted by molar-refractivity contribution is -0.118. The van der Waals surface area contributed by atoms with E-state index in [1.54, 1.807) is 41.7 Å². The molecule has 10 heteroatoms. The van der Waals surface area contributed by atoms with Gasteiger partial charge in [0.25, 0.3) is 11.8 Å². The Kier molecular flexibility index (Phi) is 6.29. The van der Waals surface area contributed by atoms with E-state index in [-0.39, 0.29) is 23.6 Å². The minimum Gasteiger partial charge on any atom is -0.483 e. The van der Waals surface area contributed by atoms with Crippen LogP contribution in [-0.4, -0.2) is 28.6 Å². The smallest absolute Gasteiger partial charge is 0.262 e. The number of nitrogens with one attached hydrogen (secondary N) is 2. The molecule has 7 nitrogen and oxygen atoms in total. The van der Waals surface area contributed by atoms with Gasteiger partial charge in [-0.3, -0.25) is 14.9 Å². The SMILES string of the molecule is O=C(COc1ccccc1C(=O)Nc1nnc(-c2ccsc2)s1)Nc1ccccc1F. The summed E-state index contributed by atoms with van der Waals surface area (Å²) in [5.41, 5.74) is 1.22. The van der Waals surface area contributed by atoms with Crippen LogP contribution in [-0.2, 0) is 4.79 Å². The molecule has 0 bridgehead atoms. The molecular formula is C21H15FN4O3S2. The molecule has 0 radical (unpaired) electrons. The average molecular weight is 455 g/mol. The van der Waals surface area contributed by atoms with Crippen molar-refractivity contribution < 1.29 is 18.7 Å². The molecule has 2 heterocycles. The van der Waals surface area contributed by atoms with Crippen molar-refractivity contribution in [2.75, 3.05) is 17.2 Å². The summed E-state index contributed by atoms with van der Waals surface area (Å²) in [5, 5.41) is 18.1. The molecule has 0 aliphatic rings. The highest BCUT2D eigenvalue weighted by Crippen LogP contribution is 2.28. The van der Waals surface area contributed by atoms with Crippen LogP contribution in [0.2, 0.25) is 0 Å². The number of anilines is 2. The van der Waals surface area contributed by atoms with E-state index in [1.807, 2.05) is 16.8 Å². The van der Waals surface area contributed by atoms with Gasteiger partial charge in [-0.2, -0.15) is 11.3 Å². The third-order valence-electron chi connectivity index (χ3n) is 4.05. The molecule has 2 aromatic heterocycles. The number of hydrogen-bond acceptors (Lipinski definition) is 7. The summed E-state index contributed by atoms with van der Waals surface area (Å²) >= 11 is 2.80. The van der Waals surface area contributed by atoms with Crippen LogP contribution in [0.1, 0.15) is 10.4 Å². The van der Waals surface area contributed by atoms with Gasteiger partial charge in [0.15, 0.2) is 6.61 Å². The Morgan fingerprint density at radius 2 is 1.81 bits per heavy atom. The molecule has 0 saturated carbocycles. The number of benzene rings is 2. The Labute approximate surface area is 184 Å². The van der Waals surface area contributed by atoms with Crippen LogP contribution in [0, 0.1) is 5.82 Å². The number of halogens is 1. The number of aromatic nitrogens is 2. The predicted molar refractivity (Wildman–Crippen MR) is 118 cm³/mol. The molecule has 2 amide bonds. The van der Waals surface area contributed by atoms with Crippen LogP contribution in [0.15, 0.2) is 65.4 Å². The second kappa shape index (κ2) is 9.45. The molecule has 4 aromatic rings. The van der Waals surface area contributed by atoms with Crippen LogP contribution < -0.4 is 15.4 Å². The van der Waals surface area contributed by atoms with Gasteiger partial charge < -0.3 is 10.1 Å². The molecule has 0 fully saturated rings. The topological polar surface area (TPSA) is 93.2 Å². The van der Waals surface area contributed by atoms with E-state index in [0.717, 1.165) is 5.56 Å². The lowest BCUT2D eigenvalue weighted by Crippen LogP contribution is -2.22. The fraction of sp³-hybridized carbons (Fsp3) is 0.0476. The molecule has 4 rings (SSSR count). The molecule has 156 valence electrons. The van der Waals surface area contributed by atoms with Crippen LogP contribution in [0.25, 0.3) is 10.6 Å². The fourth-order valence-corrected chi connectivity index (χ4v) is 4.06. The average Bonchev–Trinajstić information content (AvgIpc) is 3.46. The van der Waals surface area contributed by atoms with Gasteiger partial charge in [-0.05, 0) is 35.7 Å². The van der Waals surface area contributed by atoms with Crippen LogP contribution in [0.5, 0.6) is 5.75 Å². The molecule has 0 spiro atoms. The number of thiophene rings is 1. The molecule has 0 aliphatic carbocycles. The highest BCUT2D eigenvalue weighted by Gasteiger charge is 2.16. The Hall–Kier alpha value is -3.63. The lowest BCUT2D eigenvalue weighted by Gasteiger charge is -2.11. The summed E-state index contributed by atoms with van der Waals surface area (Å²) in [6.45, 7) is -0.389. The van der Waals surface area contributed by atoms with E-state index in [1.165, 1.54) is 29.5 Å². The lowest BCUT2D eigenvalue weighted by atomic mass is 10.2. The van der Waals surface area contributed by atoms with Crippen molar-refractivity contribution in [3.05, 3.63) is 76.7 Å². The van der Waals surface area contributed by atoms with E-state index < -0.39 is 17.6 Å². The molecular weight excluding hydrogens is 439 g/mol. The van der Waals surface area contributed by atoms with Gasteiger partial charge in [-0.15, -0.1) is 10.2 Å². The van der Waals surface area contributed by atoms with Gasteiger partial charge in [-0.1, -0.05) is 35.6 Å². The molecule has 0 saturated heterocycles. The largest absolute Gasteiger partial charge is 0.483 e. The van der Waals surface area contributed by atoms with Crippen LogP contribution >= 0.6 is 22.7 Å².